The van der Waals surface area contributed by atoms with Gasteiger partial charge >= 0.3 is 0 Å². The molecule has 18 nitrogen and oxygen atoms in total. The molecule has 0 radical (unpaired) electrons. The maximum absolute atomic E-state index is 14.4. The minimum absolute atomic E-state index is 0.0667. The lowest BCUT2D eigenvalue weighted by Gasteiger charge is -2.43. The average molecular weight is 1050 g/mol. The monoisotopic (exact) mass is 1050 g/mol. The number of phenolic OH excluding ortho intramolecular Hbond substituents is 1. The lowest BCUT2D eigenvalue weighted by molar-refractivity contribution is -0.141. The molecule has 5 N–H and O–H groups in total. The van der Waals surface area contributed by atoms with Crippen molar-refractivity contribution in [3.8, 4) is 33.3 Å². The Morgan fingerprint density at radius 2 is 1.57 bits per heavy atom. The summed E-state index contributed by atoms with van der Waals surface area (Å²) in [7, 11) is 0. The second-order valence-corrected chi connectivity index (χ2v) is 22.6. The van der Waals surface area contributed by atoms with Crippen LogP contribution in [0.5, 0.6) is 11.6 Å². The Hall–Kier alpha value is -6.83. The number of hydrogen-bond acceptors (Lipinski definition) is 17. The lowest BCUT2D eigenvalue weighted by atomic mass is 9.91. The molecule has 5 aliphatic rings. The summed E-state index contributed by atoms with van der Waals surface area (Å²) >= 11 is 1.60. The Morgan fingerprint density at radius 1 is 0.842 bits per heavy atom. The van der Waals surface area contributed by atoms with Crippen LogP contribution in [0.3, 0.4) is 0 Å². The number of aliphatic hydroxyl groups is 1. The molecule has 6 atom stereocenters. The number of carbonyl (C=O) groups excluding carboxylic acids is 2. The molecule has 8 heterocycles. The molecule has 2 amide bonds. The highest BCUT2D eigenvalue weighted by Gasteiger charge is 2.44. The maximum atomic E-state index is 14.4. The van der Waals surface area contributed by atoms with Crippen LogP contribution in [-0.4, -0.2) is 128 Å². The van der Waals surface area contributed by atoms with Crippen LogP contribution in [0.2, 0.25) is 0 Å². The van der Waals surface area contributed by atoms with E-state index in [9.17, 15) is 19.8 Å². The van der Waals surface area contributed by atoms with Crippen LogP contribution in [0.4, 0.5) is 23.0 Å². The maximum Gasteiger partial charge on any atom is 0.243 e. The number of amides is 2. The molecule has 6 aromatic rings. The van der Waals surface area contributed by atoms with E-state index in [4.69, 9.17) is 19.7 Å². The molecule has 4 aromatic heterocycles. The number of para-hydroxylation sites is 1. The van der Waals surface area contributed by atoms with Crippen molar-refractivity contribution in [1.82, 2.24) is 35.5 Å². The predicted molar refractivity (Wildman–Crippen MR) is 291 cm³/mol. The summed E-state index contributed by atoms with van der Waals surface area (Å²) in [4.78, 5) is 46.9. The highest BCUT2D eigenvalue weighted by Crippen LogP contribution is 2.41. The van der Waals surface area contributed by atoms with Crippen LogP contribution in [0, 0.1) is 12.8 Å². The van der Waals surface area contributed by atoms with E-state index >= 15 is 0 Å². The number of thiazole rings is 1. The number of piperidine rings is 1. The molecule has 2 bridgehead atoms. The van der Waals surface area contributed by atoms with E-state index in [1.165, 1.54) is 4.90 Å². The number of nitrogens with two attached hydrogens (primary N) is 1. The Kier molecular flexibility index (Phi) is 14.9. The number of β-amino-alcohol motifs (C(OH)–C–C–N with tert-alkyl or cyclic N) is 1. The van der Waals surface area contributed by atoms with Crippen LogP contribution in [0.25, 0.3) is 21.7 Å². The first-order valence-electron chi connectivity index (χ1n) is 27.1. The third-order valence-corrected chi connectivity index (χ3v) is 17.3. The molecule has 2 aromatic carbocycles. The Labute approximate surface area is 447 Å². The van der Waals surface area contributed by atoms with Crippen molar-refractivity contribution >= 4 is 46.2 Å². The van der Waals surface area contributed by atoms with E-state index in [0.717, 1.165) is 111 Å². The molecule has 19 heteroatoms. The Balaban J connectivity index is 0.638. The smallest absolute Gasteiger partial charge is 0.243 e. The number of fused-ring (bicyclic) bond motifs is 2. The summed E-state index contributed by atoms with van der Waals surface area (Å²) in [6.07, 6.45) is 9.04. The molecular weight excluding hydrogens is 983 g/mol. The number of carbonyl (C=O) groups is 2. The zero-order valence-corrected chi connectivity index (χ0v) is 44.5. The van der Waals surface area contributed by atoms with Crippen molar-refractivity contribution in [2.24, 2.45) is 5.92 Å². The molecule has 1 aliphatic carbocycles. The molecule has 76 heavy (non-hydrogen) atoms. The molecule has 400 valence electrons. The molecule has 11 rings (SSSR count). The highest BCUT2D eigenvalue weighted by molar-refractivity contribution is 7.13. The first-order valence-corrected chi connectivity index (χ1v) is 27.9. The number of aromatic hydroxyl groups is 1. The molecule has 2 unspecified atom stereocenters. The van der Waals surface area contributed by atoms with Gasteiger partial charge in [0.1, 0.15) is 23.8 Å². The summed E-state index contributed by atoms with van der Waals surface area (Å²) in [5, 5.41) is 37.4. The number of aryl methyl sites for hydroxylation is 1. The second-order valence-electron chi connectivity index (χ2n) is 21.7. The number of phenols is 1. The van der Waals surface area contributed by atoms with Crippen molar-refractivity contribution in [3.63, 3.8) is 0 Å². The predicted octanol–water partition coefficient (Wildman–Crippen LogP) is 8.06. The number of anilines is 4. The van der Waals surface area contributed by atoms with Gasteiger partial charge in [-0.05, 0) is 107 Å². The van der Waals surface area contributed by atoms with E-state index in [1.54, 1.807) is 23.5 Å². The minimum atomic E-state index is -0.814. The fraction of sp³-hybridized carbons (Fsp3) is 0.491. The summed E-state index contributed by atoms with van der Waals surface area (Å²) in [5.74, 6) is 0.959. The molecule has 0 spiro atoms. The zero-order valence-electron chi connectivity index (χ0n) is 43.7. The number of piperazine rings is 1. The molecular formula is C57H69N11O7S. The van der Waals surface area contributed by atoms with Gasteiger partial charge in [0.25, 0.3) is 0 Å². The van der Waals surface area contributed by atoms with Crippen LogP contribution >= 0.6 is 11.3 Å². The number of aliphatic hydroxyl groups excluding tert-OH is 1. The van der Waals surface area contributed by atoms with E-state index in [2.05, 4.69) is 57.5 Å². The number of hydrogen-bond donors (Lipinski definition) is 4. The molecule has 4 saturated heterocycles. The summed E-state index contributed by atoms with van der Waals surface area (Å²) in [6.45, 7) is 11.0. The number of nitrogens with one attached hydrogen (secondary N) is 1. The lowest BCUT2D eigenvalue weighted by Crippen LogP contribution is -2.54. The summed E-state index contributed by atoms with van der Waals surface area (Å²) in [5.41, 5.74) is 14.4. The van der Waals surface area contributed by atoms with Crippen LogP contribution < -0.4 is 30.5 Å². The molecule has 5 fully saturated rings. The summed E-state index contributed by atoms with van der Waals surface area (Å²) in [6, 6.07) is 22.7. The zero-order chi connectivity index (χ0) is 52.6. The third-order valence-electron chi connectivity index (χ3n) is 16.3. The number of aromatic nitrogens is 5. The topological polar surface area (TPSA) is 222 Å². The Morgan fingerprint density at radius 3 is 2.28 bits per heavy atom. The van der Waals surface area contributed by atoms with Crippen molar-refractivity contribution in [3.05, 3.63) is 102 Å². The molecule has 4 aliphatic heterocycles. The third kappa shape index (κ3) is 10.8. The fourth-order valence-electron chi connectivity index (χ4n) is 12.3. The average Bonchev–Trinajstić information content (AvgIpc) is 4.25. The number of nitrogen functional groups attached to an aromatic ring is 1. The van der Waals surface area contributed by atoms with Gasteiger partial charge < -0.3 is 54.9 Å². The summed E-state index contributed by atoms with van der Waals surface area (Å²) < 4.78 is 19.2. The largest absolute Gasteiger partial charge is 0.507 e. The number of benzene rings is 2. The van der Waals surface area contributed by atoms with Crippen LogP contribution in [0.1, 0.15) is 108 Å². The van der Waals surface area contributed by atoms with Crippen LogP contribution in [-0.2, 0) is 14.3 Å². The normalized spacial score (nSPS) is 23.8. The van der Waals surface area contributed by atoms with E-state index < -0.39 is 18.1 Å². The molecule has 1 saturated carbocycles. The van der Waals surface area contributed by atoms with Gasteiger partial charge in [-0.1, -0.05) is 55.4 Å². The second kappa shape index (κ2) is 22.0. The van der Waals surface area contributed by atoms with Gasteiger partial charge in [0, 0.05) is 80.8 Å². The quantitative estimate of drug-likeness (QED) is 0.0764. The Bertz CT molecular complexity index is 2980. The standard InChI is InChI=1S/C57H69N11O7S/c1-33(2)53(57(72)67-31-41(69)26-48(67)56(71)61-34(3)36-9-11-37(12-10-36)54-35(4)60-32-76-54)50-28-51(64-75-50)65-23-20-44(21-24-65)73-42-15-17-43(18-16-42)74-52-25-38(19-22-59-52)68-39-13-14-40(68)30-66(29-39)47-27-46(62-63-55(47)58)45-7-5-6-8-49(45)70/h5-12,19,22,25,27-28,32-34,39-44,48,53,69-70H,13-18,20-21,23-24,26,29-31H2,1-4H3,(H2,58,63)(H,61,71)/t34-,39?,40?,41+,42-,43-,48-,53+/m0/s1. The van der Waals surface area contributed by atoms with Gasteiger partial charge in [0.2, 0.25) is 17.7 Å². The van der Waals surface area contributed by atoms with Gasteiger partial charge in [0.05, 0.1) is 51.8 Å². The van der Waals surface area contributed by atoms with Crippen molar-refractivity contribution < 1.29 is 33.8 Å². The fourth-order valence-corrected chi connectivity index (χ4v) is 13.1. The van der Waals surface area contributed by atoms with Gasteiger partial charge in [0.15, 0.2) is 17.4 Å². The van der Waals surface area contributed by atoms with Crippen molar-refractivity contribution in [2.75, 3.05) is 53.2 Å². The van der Waals surface area contributed by atoms with Crippen molar-refractivity contribution in [1.29, 1.82) is 0 Å². The number of pyridine rings is 1. The van der Waals surface area contributed by atoms with Crippen molar-refractivity contribution in [2.45, 2.75) is 140 Å². The number of ether oxygens (including phenoxy) is 2. The number of rotatable bonds is 15. The van der Waals surface area contributed by atoms with Gasteiger partial charge in [-0.15, -0.1) is 21.5 Å². The number of likely N-dealkylation sites (tertiary alicyclic amines) is 1. The highest BCUT2D eigenvalue weighted by atomic mass is 32.1. The minimum Gasteiger partial charge on any atom is -0.507 e. The SMILES string of the molecule is Cc1ncsc1-c1ccc([C@H](C)NC(=O)[C@@H]2C[C@@H](O)CN2C(=O)[C@@H](c2cc(N3CCC(O[C@H]4CC[C@H](Oc5cc(N6C7CCC6CN(c6cc(-c8ccccc8O)nnc6N)C7)ccn5)CC4)CC3)no2)C(C)C)cc1. The number of nitrogens with zero attached hydrogens (tertiary/aromatic N) is 9. The van der Waals surface area contributed by atoms with E-state index in [-0.39, 0.29) is 72.9 Å². The first kappa shape index (κ1) is 51.3. The van der Waals surface area contributed by atoms with Gasteiger partial charge in [-0.25, -0.2) is 9.97 Å². The van der Waals surface area contributed by atoms with Gasteiger partial charge in [-0.3, -0.25) is 9.59 Å². The van der Waals surface area contributed by atoms with E-state index in [0.29, 0.717) is 34.5 Å². The van der Waals surface area contributed by atoms with Crippen LogP contribution in [0.15, 0.2) is 89.0 Å². The van der Waals surface area contributed by atoms with Gasteiger partial charge in [-0.2, -0.15) is 0 Å². The first-order chi connectivity index (χ1) is 36.8. The van der Waals surface area contributed by atoms with E-state index in [1.807, 2.05) is 87.9 Å².